The molecule has 0 unspecified atom stereocenters. The Morgan fingerprint density at radius 2 is 2.33 bits per heavy atom. The quantitative estimate of drug-likeness (QED) is 0.284. The van der Waals surface area contributed by atoms with Crippen LogP contribution in [0.1, 0.15) is 6.92 Å². The zero-order valence-corrected chi connectivity index (χ0v) is 6.18. The lowest BCUT2D eigenvalue weighted by molar-refractivity contribution is 0.568. The van der Waals surface area contributed by atoms with E-state index in [1.54, 1.807) is 7.05 Å². The second kappa shape index (κ2) is 3.96. The molecule has 0 bridgehead atoms. The van der Waals surface area contributed by atoms with Gasteiger partial charge in [0.1, 0.15) is 0 Å². The number of nitrogens with zero attached hydrogens (tertiary/aromatic N) is 2. The molecular formula is C7H12N2. The SMILES string of the molecule is C#CCN(C)C(C)=NC. The largest absolute Gasteiger partial charge is 0.353 e. The average molecular weight is 124 g/mol. The second-order valence-electron chi connectivity index (χ2n) is 1.83. The third-order valence-electron chi connectivity index (χ3n) is 1.20. The fourth-order valence-electron chi connectivity index (χ4n) is 0.422. The Hall–Kier alpha value is -0.970. The summed E-state index contributed by atoms with van der Waals surface area (Å²) in [4.78, 5) is 5.87. The number of hydrogen-bond acceptors (Lipinski definition) is 1. The normalized spacial score (nSPS) is 10.7. The van der Waals surface area contributed by atoms with Gasteiger partial charge in [0.2, 0.25) is 0 Å². The van der Waals surface area contributed by atoms with Crippen molar-refractivity contribution in [3.05, 3.63) is 0 Å². The zero-order valence-electron chi connectivity index (χ0n) is 6.18. The van der Waals surface area contributed by atoms with Crippen molar-refractivity contribution in [2.45, 2.75) is 6.92 Å². The summed E-state index contributed by atoms with van der Waals surface area (Å²) < 4.78 is 0. The Morgan fingerprint density at radius 1 is 1.78 bits per heavy atom. The highest BCUT2D eigenvalue weighted by Gasteiger charge is 1.93. The van der Waals surface area contributed by atoms with Gasteiger partial charge < -0.3 is 4.90 Å². The zero-order chi connectivity index (χ0) is 7.28. The van der Waals surface area contributed by atoms with E-state index in [0.29, 0.717) is 6.54 Å². The average Bonchev–Trinajstić information content (AvgIpc) is 1.87. The maximum atomic E-state index is 5.08. The van der Waals surface area contributed by atoms with Crippen LogP contribution in [0, 0.1) is 12.3 Å². The first kappa shape index (κ1) is 8.03. The molecule has 0 aromatic carbocycles. The minimum Gasteiger partial charge on any atom is -0.353 e. The highest BCUT2D eigenvalue weighted by atomic mass is 15.1. The molecule has 50 valence electrons. The van der Waals surface area contributed by atoms with Crippen molar-refractivity contribution in [2.24, 2.45) is 4.99 Å². The van der Waals surface area contributed by atoms with Crippen LogP contribution >= 0.6 is 0 Å². The van der Waals surface area contributed by atoms with Gasteiger partial charge in [0.15, 0.2) is 0 Å². The van der Waals surface area contributed by atoms with Crippen molar-refractivity contribution < 1.29 is 0 Å². The monoisotopic (exact) mass is 124 g/mol. The summed E-state index contributed by atoms with van der Waals surface area (Å²) in [5.41, 5.74) is 0. The lowest BCUT2D eigenvalue weighted by Gasteiger charge is -2.13. The molecule has 0 aliphatic heterocycles. The van der Waals surface area contributed by atoms with Gasteiger partial charge in [-0.15, -0.1) is 6.42 Å². The van der Waals surface area contributed by atoms with E-state index in [1.807, 2.05) is 18.9 Å². The van der Waals surface area contributed by atoms with Crippen molar-refractivity contribution >= 4 is 5.84 Å². The van der Waals surface area contributed by atoms with Gasteiger partial charge in [-0.25, -0.2) is 0 Å². The Kier molecular flexibility index (Phi) is 3.54. The van der Waals surface area contributed by atoms with Gasteiger partial charge in [0.25, 0.3) is 0 Å². The third kappa shape index (κ3) is 2.76. The van der Waals surface area contributed by atoms with Crippen LogP contribution in [0.25, 0.3) is 0 Å². The van der Waals surface area contributed by atoms with Crippen LogP contribution in [0.5, 0.6) is 0 Å². The predicted molar refractivity (Wildman–Crippen MR) is 40.5 cm³/mol. The first-order valence-electron chi connectivity index (χ1n) is 2.80. The van der Waals surface area contributed by atoms with E-state index in [1.165, 1.54) is 0 Å². The first-order chi connectivity index (χ1) is 4.22. The van der Waals surface area contributed by atoms with Crippen LogP contribution in [0.3, 0.4) is 0 Å². The molecular weight excluding hydrogens is 112 g/mol. The topological polar surface area (TPSA) is 15.6 Å². The lowest BCUT2D eigenvalue weighted by atomic mass is 10.5. The van der Waals surface area contributed by atoms with Crippen LogP contribution in [0.2, 0.25) is 0 Å². The Bertz CT molecular complexity index is 141. The third-order valence-corrected chi connectivity index (χ3v) is 1.20. The summed E-state index contributed by atoms with van der Waals surface area (Å²) in [7, 11) is 3.67. The number of aliphatic imine (C=N–C) groups is 1. The fraction of sp³-hybridized carbons (Fsp3) is 0.571. The van der Waals surface area contributed by atoms with E-state index in [2.05, 4.69) is 10.9 Å². The molecule has 0 rings (SSSR count). The first-order valence-corrected chi connectivity index (χ1v) is 2.80. The molecule has 9 heavy (non-hydrogen) atoms. The smallest absolute Gasteiger partial charge is 0.0959 e. The molecule has 0 N–H and O–H groups in total. The molecule has 0 saturated carbocycles. The summed E-state index contributed by atoms with van der Waals surface area (Å²) in [6.45, 7) is 2.56. The highest BCUT2D eigenvalue weighted by molar-refractivity contribution is 5.79. The van der Waals surface area contributed by atoms with Crippen molar-refractivity contribution in [2.75, 3.05) is 20.6 Å². The molecule has 0 saturated heterocycles. The van der Waals surface area contributed by atoms with Gasteiger partial charge >= 0.3 is 0 Å². The van der Waals surface area contributed by atoms with Gasteiger partial charge in [-0.3, -0.25) is 4.99 Å². The molecule has 0 aliphatic rings. The van der Waals surface area contributed by atoms with Gasteiger partial charge in [-0.2, -0.15) is 0 Å². The van der Waals surface area contributed by atoms with E-state index in [4.69, 9.17) is 6.42 Å². The fourth-order valence-corrected chi connectivity index (χ4v) is 0.422. The molecule has 2 heteroatoms. The Labute approximate surface area is 56.6 Å². The molecule has 0 atom stereocenters. The molecule has 0 fully saturated rings. The molecule has 2 nitrogen and oxygen atoms in total. The predicted octanol–water partition coefficient (Wildman–Crippen LogP) is 0.600. The van der Waals surface area contributed by atoms with Gasteiger partial charge in [-0.1, -0.05) is 5.92 Å². The van der Waals surface area contributed by atoms with Gasteiger partial charge in [0, 0.05) is 14.1 Å². The van der Waals surface area contributed by atoms with Crippen molar-refractivity contribution in [1.29, 1.82) is 0 Å². The standard InChI is InChI=1S/C7H12N2/c1-5-6-9(4)7(2)8-3/h1H,6H2,2-4H3. The molecule has 0 amide bonds. The summed E-state index contributed by atoms with van der Waals surface area (Å²) in [6.07, 6.45) is 5.08. The van der Waals surface area contributed by atoms with E-state index in [9.17, 15) is 0 Å². The van der Waals surface area contributed by atoms with E-state index < -0.39 is 0 Å². The van der Waals surface area contributed by atoms with Crippen LogP contribution in [0.15, 0.2) is 4.99 Å². The molecule has 0 spiro atoms. The highest BCUT2D eigenvalue weighted by Crippen LogP contribution is 1.83. The minimum atomic E-state index is 0.628. The summed E-state index contributed by atoms with van der Waals surface area (Å²) in [5, 5.41) is 0. The van der Waals surface area contributed by atoms with Crippen molar-refractivity contribution in [3.63, 3.8) is 0 Å². The van der Waals surface area contributed by atoms with Crippen molar-refractivity contribution in [3.8, 4) is 12.3 Å². The Balaban J connectivity index is 3.76. The molecule has 0 aromatic rings. The van der Waals surface area contributed by atoms with Crippen LogP contribution < -0.4 is 0 Å². The molecule has 0 radical (unpaired) electrons. The van der Waals surface area contributed by atoms with Gasteiger partial charge in [-0.05, 0) is 6.92 Å². The maximum Gasteiger partial charge on any atom is 0.0959 e. The lowest BCUT2D eigenvalue weighted by Crippen LogP contribution is -2.24. The molecule has 0 aromatic heterocycles. The van der Waals surface area contributed by atoms with E-state index in [-0.39, 0.29) is 0 Å². The van der Waals surface area contributed by atoms with E-state index in [0.717, 1.165) is 5.84 Å². The van der Waals surface area contributed by atoms with E-state index >= 15 is 0 Å². The number of rotatable bonds is 1. The summed E-state index contributed by atoms with van der Waals surface area (Å²) in [5.74, 6) is 3.49. The van der Waals surface area contributed by atoms with Crippen LogP contribution in [-0.2, 0) is 0 Å². The van der Waals surface area contributed by atoms with Crippen LogP contribution in [-0.4, -0.2) is 31.4 Å². The second-order valence-corrected chi connectivity index (χ2v) is 1.83. The maximum absolute atomic E-state index is 5.08. The molecule has 0 aliphatic carbocycles. The van der Waals surface area contributed by atoms with Crippen molar-refractivity contribution in [1.82, 2.24) is 4.90 Å². The number of terminal acetylenes is 1. The minimum absolute atomic E-state index is 0.628. The van der Waals surface area contributed by atoms with Crippen LogP contribution in [0.4, 0.5) is 0 Å². The number of amidine groups is 1. The molecule has 0 heterocycles. The Morgan fingerprint density at radius 3 is 2.67 bits per heavy atom. The summed E-state index contributed by atoms with van der Waals surface area (Å²) >= 11 is 0. The van der Waals surface area contributed by atoms with Gasteiger partial charge in [0.05, 0.1) is 12.4 Å². The number of hydrogen-bond donors (Lipinski definition) is 0. The summed E-state index contributed by atoms with van der Waals surface area (Å²) in [6, 6.07) is 0.